The van der Waals surface area contributed by atoms with Crippen molar-refractivity contribution in [3.63, 3.8) is 0 Å². The summed E-state index contributed by atoms with van der Waals surface area (Å²) in [5.41, 5.74) is -0.165. The molecule has 3 heteroatoms. The van der Waals surface area contributed by atoms with Crippen LogP contribution in [0, 0.1) is 17.3 Å². The van der Waals surface area contributed by atoms with Gasteiger partial charge in [-0.15, -0.1) is 0 Å². The molecular weight excluding hydrogens is 226 g/mol. The summed E-state index contributed by atoms with van der Waals surface area (Å²) in [7, 11) is 0. The highest BCUT2D eigenvalue weighted by molar-refractivity contribution is 5.60. The van der Waals surface area contributed by atoms with Gasteiger partial charge in [0.25, 0.3) is 0 Å². The zero-order chi connectivity index (χ0) is 13.6. The summed E-state index contributed by atoms with van der Waals surface area (Å²) in [6.45, 7) is 13.5. The summed E-state index contributed by atoms with van der Waals surface area (Å²) < 4.78 is 5.39. The van der Waals surface area contributed by atoms with E-state index in [2.05, 4.69) is 32.6 Å². The Labute approximate surface area is 112 Å². The Balaban J connectivity index is 2.63. The molecule has 0 N–H and O–H groups in total. The van der Waals surface area contributed by atoms with Crippen molar-refractivity contribution in [2.24, 2.45) is 17.3 Å². The molecule has 0 atom stereocenters. The summed E-state index contributed by atoms with van der Waals surface area (Å²) in [6, 6.07) is 0. The maximum Gasteiger partial charge on any atom is 0.127 e. The van der Waals surface area contributed by atoms with Crippen LogP contribution >= 0.6 is 0 Å². The van der Waals surface area contributed by atoms with E-state index < -0.39 is 0 Å². The third-order valence-corrected chi connectivity index (χ3v) is 3.52. The fourth-order valence-corrected chi connectivity index (χ4v) is 2.77. The van der Waals surface area contributed by atoms with Crippen LogP contribution in [0.15, 0.2) is 0 Å². The molecule has 0 radical (unpaired) electrons. The highest BCUT2D eigenvalue weighted by atomic mass is 16.5. The van der Waals surface area contributed by atoms with E-state index in [9.17, 15) is 4.79 Å². The van der Waals surface area contributed by atoms with E-state index in [1.807, 2.05) is 0 Å². The molecule has 0 aliphatic carbocycles. The van der Waals surface area contributed by atoms with Gasteiger partial charge in [0.2, 0.25) is 0 Å². The maximum atomic E-state index is 11.5. The molecule has 1 heterocycles. The number of hydrogen-bond acceptors (Lipinski definition) is 3. The minimum Gasteiger partial charge on any atom is -0.381 e. The first-order valence-electron chi connectivity index (χ1n) is 7.24. The average molecular weight is 255 g/mol. The molecule has 1 saturated heterocycles. The Morgan fingerprint density at radius 3 is 2.00 bits per heavy atom. The molecule has 1 fully saturated rings. The second-order valence-electron chi connectivity index (χ2n) is 6.57. The van der Waals surface area contributed by atoms with Gasteiger partial charge in [0.15, 0.2) is 0 Å². The normalized spacial score (nSPS) is 19.7. The smallest absolute Gasteiger partial charge is 0.127 e. The minimum absolute atomic E-state index is 0.165. The molecule has 0 spiro atoms. The van der Waals surface area contributed by atoms with Crippen molar-refractivity contribution in [1.29, 1.82) is 0 Å². The van der Waals surface area contributed by atoms with Gasteiger partial charge in [0, 0.05) is 38.3 Å². The highest BCUT2D eigenvalue weighted by Gasteiger charge is 2.34. The van der Waals surface area contributed by atoms with Crippen molar-refractivity contribution in [2.75, 3.05) is 32.8 Å². The molecule has 106 valence electrons. The van der Waals surface area contributed by atoms with Gasteiger partial charge in [-0.1, -0.05) is 27.7 Å². The molecule has 18 heavy (non-hydrogen) atoms. The summed E-state index contributed by atoms with van der Waals surface area (Å²) in [5, 5.41) is 0. The van der Waals surface area contributed by atoms with E-state index in [0.717, 1.165) is 45.7 Å². The Kier molecular flexibility index (Phi) is 6.30. The Morgan fingerprint density at radius 1 is 1.11 bits per heavy atom. The molecule has 0 unspecified atom stereocenters. The first-order chi connectivity index (χ1) is 8.47. The highest BCUT2D eigenvalue weighted by Crippen LogP contribution is 2.29. The van der Waals surface area contributed by atoms with Crippen LogP contribution in [0.4, 0.5) is 0 Å². The Bertz CT molecular complexity index is 235. The van der Waals surface area contributed by atoms with Crippen molar-refractivity contribution >= 4 is 6.29 Å². The molecule has 0 amide bonds. The fourth-order valence-electron chi connectivity index (χ4n) is 2.77. The predicted octanol–water partition coefficient (Wildman–Crippen LogP) is 2.60. The Hall–Kier alpha value is -0.410. The molecular formula is C15H29NO2. The molecule has 0 aromatic carbocycles. The number of carbonyl (C=O) groups excluding carboxylic acids is 1. The molecule has 1 aliphatic heterocycles. The average Bonchev–Trinajstić information content (AvgIpc) is 2.28. The van der Waals surface area contributed by atoms with Gasteiger partial charge >= 0.3 is 0 Å². The van der Waals surface area contributed by atoms with Crippen molar-refractivity contribution in [3.8, 4) is 0 Å². The predicted molar refractivity (Wildman–Crippen MR) is 74.7 cm³/mol. The molecule has 1 rings (SSSR count). The topological polar surface area (TPSA) is 29.5 Å². The Morgan fingerprint density at radius 2 is 1.61 bits per heavy atom. The van der Waals surface area contributed by atoms with Crippen LogP contribution in [-0.4, -0.2) is 44.0 Å². The first-order valence-corrected chi connectivity index (χ1v) is 7.24. The van der Waals surface area contributed by atoms with Gasteiger partial charge in [-0.05, 0) is 24.7 Å². The van der Waals surface area contributed by atoms with Gasteiger partial charge in [0.05, 0.1) is 0 Å². The van der Waals surface area contributed by atoms with Crippen LogP contribution < -0.4 is 0 Å². The lowest BCUT2D eigenvalue weighted by molar-refractivity contribution is -0.123. The third kappa shape index (κ3) is 5.07. The van der Waals surface area contributed by atoms with E-state index >= 15 is 0 Å². The lowest BCUT2D eigenvalue weighted by atomic mass is 9.81. The largest absolute Gasteiger partial charge is 0.381 e. The van der Waals surface area contributed by atoms with E-state index in [4.69, 9.17) is 4.74 Å². The van der Waals surface area contributed by atoms with Crippen molar-refractivity contribution < 1.29 is 9.53 Å². The standard InChI is InChI=1S/C15H29NO2/c1-13(2)9-16(10-14(3)4)11-15(12-17)5-7-18-8-6-15/h12-14H,5-11H2,1-4H3. The van der Waals surface area contributed by atoms with Gasteiger partial charge < -0.3 is 14.4 Å². The van der Waals surface area contributed by atoms with Crippen LogP contribution in [-0.2, 0) is 9.53 Å². The number of aldehydes is 1. The van der Waals surface area contributed by atoms with Crippen molar-refractivity contribution in [3.05, 3.63) is 0 Å². The molecule has 3 nitrogen and oxygen atoms in total. The first kappa shape index (κ1) is 15.6. The second kappa shape index (κ2) is 7.25. The van der Waals surface area contributed by atoms with Gasteiger partial charge in [-0.25, -0.2) is 0 Å². The van der Waals surface area contributed by atoms with Crippen LogP contribution in [0.3, 0.4) is 0 Å². The number of hydrogen-bond donors (Lipinski definition) is 0. The fraction of sp³-hybridized carbons (Fsp3) is 0.933. The van der Waals surface area contributed by atoms with Crippen LogP contribution in [0.5, 0.6) is 0 Å². The maximum absolute atomic E-state index is 11.5. The summed E-state index contributed by atoms with van der Waals surface area (Å²) in [6.07, 6.45) is 2.94. The zero-order valence-electron chi connectivity index (χ0n) is 12.4. The van der Waals surface area contributed by atoms with Crippen LogP contribution in [0.1, 0.15) is 40.5 Å². The minimum atomic E-state index is -0.165. The molecule has 0 aromatic rings. The van der Waals surface area contributed by atoms with Crippen LogP contribution in [0.2, 0.25) is 0 Å². The van der Waals surface area contributed by atoms with Gasteiger partial charge in [-0.3, -0.25) is 0 Å². The van der Waals surface area contributed by atoms with E-state index in [-0.39, 0.29) is 5.41 Å². The number of ether oxygens (including phenoxy) is 1. The number of rotatable bonds is 7. The second-order valence-corrected chi connectivity index (χ2v) is 6.57. The van der Waals surface area contributed by atoms with Gasteiger partial charge in [-0.2, -0.15) is 0 Å². The van der Waals surface area contributed by atoms with Crippen LogP contribution in [0.25, 0.3) is 0 Å². The molecule has 0 aromatic heterocycles. The van der Waals surface area contributed by atoms with E-state index in [1.54, 1.807) is 0 Å². The monoisotopic (exact) mass is 255 g/mol. The molecule has 1 aliphatic rings. The van der Waals surface area contributed by atoms with E-state index in [0.29, 0.717) is 11.8 Å². The zero-order valence-corrected chi connectivity index (χ0v) is 12.4. The van der Waals surface area contributed by atoms with Crippen molar-refractivity contribution in [1.82, 2.24) is 4.90 Å². The van der Waals surface area contributed by atoms with Gasteiger partial charge in [0.1, 0.15) is 6.29 Å². The third-order valence-electron chi connectivity index (χ3n) is 3.52. The SMILES string of the molecule is CC(C)CN(CC(C)C)CC1(C=O)CCOCC1. The number of carbonyl (C=O) groups is 1. The lowest BCUT2D eigenvalue weighted by Gasteiger charge is -2.38. The summed E-state index contributed by atoms with van der Waals surface area (Å²) in [5.74, 6) is 1.29. The quantitative estimate of drug-likeness (QED) is 0.655. The summed E-state index contributed by atoms with van der Waals surface area (Å²) >= 11 is 0. The lowest BCUT2D eigenvalue weighted by Crippen LogP contribution is -2.45. The molecule has 0 saturated carbocycles. The molecule has 0 bridgehead atoms. The van der Waals surface area contributed by atoms with Crippen molar-refractivity contribution in [2.45, 2.75) is 40.5 Å². The van der Waals surface area contributed by atoms with E-state index in [1.165, 1.54) is 6.29 Å². The number of nitrogens with zero attached hydrogens (tertiary/aromatic N) is 1. The summed E-state index contributed by atoms with van der Waals surface area (Å²) in [4.78, 5) is 14.0.